The second kappa shape index (κ2) is 9.80. The molecule has 1 saturated heterocycles. The fourth-order valence-electron chi connectivity index (χ4n) is 3.35. The topological polar surface area (TPSA) is 75.2 Å². The fourth-order valence-corrected chi connectivity index (χ4v) is 5.22. The van der Waals surface area contributed by atoms with Gasteiger partial charge in [0, 0.05) is 34.5 Å². The molecular formula is C22H21ClN4O2S2. The molecular weight excluding hydrogens is 452 g/mol. The molecule has 0 aliphatic carbocycles. The van der Waals surface area contributed by atoms with Crippen LogP contribution in [0.4, 0.5) is 10.8 Å². The lowest BCUT2D eigenvalue weighted by Gasteiger charge is -2.16. The quantitative estimate of drug-likeness (QED) is 0.461. The van der Waals surface area contributed by atoms with E-state index in [9.17, 15) is 9.59 Å². The zero-order valence-electron chi connectivity index (χ0n) is 16.9. The third-order valence-corrected chi connectivity index (χ3v) is 7.40. The minimum Gasteiger partial charge on any atom is -0.312 e. The van der Waals surface area contributed by atoms with Crippen molar-refractivity contribution in [1.82, 2.24) is 10.2 Å². The number of amides is 2. The molecule has 2 heterocycles. The third kappa shape index (κ3) is 5.08. The van der Waals surface area contributed by atoms with Crippen LogP contribution in [0.1, 0.15) is 41.0 Å². The second-order valence-corrected chi connectivity index (χ2v) is 9.71. The number of benzene rings is 2. The number of carbonyl (C=O) groups excluding carboxylic acids is 2. The lowest BCUT2D eigenvalue weighted by molar-refractivity contribution is -0.117. The van der Waals surface area contributed by atoms with Crippen molar-refractivity contribution >= 4 is 57.3 Å². The van der Waals surface area contributed by atoms with E-state index in [2.05, 4.69) is 22.4 Å². The number of halogens is 1. The minimum absolute atomic E-state index is 0.0370. The normalized spacial score (nSPS) is 16.0. The summed E-state index contributed by atoms with van der Waals surface area (Å²) in [6.07, 6.45) is 1.40. The molecule has 0 radical (unpaired) electrons. The average molecular weight is 473 g/mol. The van der Waals surface area contributed by atoms with Gasteiger partial charge in [0.2, 0.25) is 11.0 Å². The molecule has 31 heavy (non-hydrogen) atoms. The molecule has 6 nitrogen and oxygen atoms in total. The van der Waals surface area contributed by atoms with Gasteiger partial charge in [-0.25, -0.2) is 0 Å². The van der Waals surface area contributed by atoms with Crippen LogP contribution in [0, 0.1) is 0 Å². The molecule has 2 amide bonds. The van der Waals surface area contributed by atoms with Gasteiger partial charge in [-0.05, 0) is 48.6 Å². The highest BCUT2D eigenvalue weighted by Gasteiger charge is 2.34. The molecule has 9 heteroatoms. The average Bonchev–Trinajstić information content (AvgIpc) is 3.39. The van der Waals surface area contributed by atoms with Crippen LogP contribution in [0.3, 0.4) is 0 Å². The van der Waals surface area contributed by atoms with Crippen LogP contribution in [-0.2, 0) is 4.79 Å². The van der Waals surface area contributed by atoms with Gasteiger partial charge in [-0.2, -0.15) is 0 Å². The van der Waals surface area contributed by atoms with Crippen LogP contribution < -0.4 is 10.2 Å². The lowest BCUT2D eigenvalue weighted by atomic mass is 10.1. The summed E-state index contributed by atoms with van der Waals surface area (Å²) < 4.78 is 0. The van der Waals surface area contributed by atoms with Gasteiger partial charge in [0.1, 0.15) is 5.01 Å². The van der Waals surface area contributed by atoms with Gasteiger partial charge in [-0.15, -0.1) is 22.0 Å². The number of anilines is 2. The van der Waals surface area contributed by atoms with Crippen LogP contribution in [0.2, 0.25) is 5.02 Å². The van der Waals surface area contributed by atoms with Crippen molar-refractivity contribution in [3.8, 4) is 0 Å². The highest BCUT2D eigenvalue weighted by Crippen LogP contribution is 2.35. The van der Waals surface area contributed by atoms with Gasteiger partial charge in [0.05, 0.1) is 5.56 Å². The zero-order valence-corrected chi connectivity index (χ0v) is 19.3. The van der Waals surface area contributed by atoms with Crippen molar-refractivity contribution in [2.45, 2.75) is 30.6 Å². The zero-order chi connectivity index (χ0) is 21.8. The molecule has 3 aromatic rings. The first-order chi connectivity index (χ1) is 15.0. The van der Waals surface area contributed by atoms with Gasteiger partial charge in [-0.1, -0.05) is 42.0 Å². The van der Waals surface area contributed by atoms with Gasteiger partial charge in [0.25, 0.3) is 5.91 Å². The largest absolute Gasteiger partial charge is 0.312 e. The monoisotopic (exact) mass is 472 g/mol. The van der Waals surface area contributed by atoms with E-state index >= 15 is 0 Å². The van der Waals surface area contributed by atoms with Crippen molar-refractivity contribution in [2.75, 3.05) is 22.5 Å². The number of hydrogen-bond acceptors (Lipinski definition) is 6. The molecule has 1 aromatic heterocycles. The van der Waals surface area contributed by atoms with E-state index in [1.807, 2.05) is 36.4 Å². The molecule has 160 valence electrons. The SMILES string of the molecule is CCCSc1ccccc1C(=O)Nc1nnc(C2CC(=O)N(c3ccc(Cl)cc3)C2)s1. The Balaban J connectivity index is 1.44. The number of carbonyl (C=O) groups is 2. The Hall–Kier alpha value is -2.42. The summed E-state index contributed by atoms with van der Waals surface area (Å²) in [6, 6.07) is 14.8. The number of thioether (sulfide) groups is 1. The number of nitrogens with zero attached hydrogens (tertiary/aromatic N) is 3. The first kappa shape index (κ1) is 21.8. The number of nitrogens with one attached hydrogen (secondary N) is 1. The smallest absolute Gasteiger partial charge is 0.258 e. The van der Waals surface area contributed by atoms with Crippen molar-refractivity contribution in [3.05, 3.63) is 64.1 Å². The Morgan fingerprint density at radius 1 is 1.23 bits per heavy atom. The van der Waals surface area contributed by atoms with Crippen molar-refractivity contribution in [3.63, 3.8) is 0 Å². The summed E-state index contributed by atoms with van der Waals surface area (Å²) in [5.41, 5.74) is 1.44. The summed E-state index contributed by atoms with van der Waals surface area (Å²) in [7, 11) is 0. The first-order valence-corrected chi connectivity index (χ1v) is 12.2. The second-order valence-electron chi connectivity index (χ2n) is 7.13. The van der Waals surface area contributed by atoms with Gasteiger partial charge < -0.3 is 4.90 Å². The van der Waals surface area contributed by atoms with Crippen molar-refractivity contribution in [2.24, 2.45) is 0 Å². The van der Waals surface area contributed by atoms with E-state index in [-0.39, 0.29) is 17.7 Å². The minimum atomic E-state index is -0.202. The molecule has 1 aliphatic rings. The van der Waals surface area contributed by atoms with Crippen LogP contribution in [0.5, 0.6) is 0 Å². The standard InChI is InChI=1S/C22H21ClN4O2S2/c1-2-11-30-18-6-4-3-5-17(18)20(29)24-22-26-25-21(31-22)14-12-19(28)27(13-14)16-9-7-15(23)8-10-16/h3-10,14H,2,11-13H2,1H3,(H,24,26,29). The molecule has 4 rings (SSSR count). The molecule has 0 saturated carbocycles. The summed E-state index contributed by atoms with van der Waals surface area (Å²) in [6.45, 7) is 2.64. The van der Waals surface area contributed by atoms with E-state index < -0.39 is 0 Å². The highest BCUT2D eigenvalue weighted by molar-refractivity contribution is 7.99. The summed E-state index contributed by atoms with van der Waals surface area (Å²) in [5, 5.41) is 13.0. The van der Waals surface area contributed by atoms with E-state index in [1.165, 1.54) is 11.3 Å². The van der Waals surface area contributed by atoms with Gasteiger partial charge in [-0.3, -0.25) is 14.9 Å². The van der Waals surface area contributed by atoms with Crippen LogP contribution in [-0.4, -0.2) is 34.3 Å². The molecule has 0 spiro atoms. The maximum absolute atomic E-state index is 12.8. The molecule has 2 aromatic carbocycles. The fraction of sp³-hybridized carbons (Fsp3) is 0.273. The molecule has 1 atom stereocenters. The Morgan fingerprint density at radius 3 is 2.77 bits per heavy atom. The predicted octanol–water partition coefficient (Wildman–Crippen LogP) is 5.47. The molecule has 1 fully saturated rings. The maximum atomic E-state index is 12.8. The van der Waals surface area contributed by atoms with E-state index in [1.54, 1.807) is 28.8 Å². The Bertz CT molecular complexity index is 1090. The maximum Gasteiger partial charge on any atom is 0.258 e. The Kier molecular flexibility index (Phi) is 6.89. The summed E-state index contributed by atoms with van der Waals surface area (Å²) >= 11 is 8.93. The van der Waals surface area contributed by atoms with Crippen LogP contribution >= 0.6 is 34.7 Å². The molecule has 0 bridgehead atoms. The predicted molar refractivity (Wildman–Crippen MR) is 126 cm³/mol. The summed E-state index contributed by atoms with van der Waals surface area (Å²) in [5.74, 6) is 0.730. The molecule has 1 aliphatic heterocycles. The van der Waals surface area contributed by atoms with E-state index in [0.717, 1.165) is 27.8 Å². The van der Waals surface area contributed by atoms with E-state index in [4.69, 9.17) is 11.6 Å². The van der Waals surface area contributed by atoms with Crippen molar-refractivity contribution in [1.29, 1.82) is 0 Å². The van der Waals surface area contributed by atoms with Gasteiger partial charge in [0.15, 0.2) is 0 Å². The number of aromatic nitrogens is 2. The van der Waals surface area contributed by atoms with Crippen LogP contribution in [0.15, 0.2) is 53.4 Å². The Morgan fingerprint density at radius 2 is 2.00 bits per heavy atom. The Labute approximate surface area is 194 Å². The number of rotatable bonds is 7. The first-order valence-electron chi connectivity index (χ1n) is 9.97. The highest BCUT2D eigenvalue weighted by atomic mass is 35.5. The van der Waals surface area contributed by atoms with E-state index in [0.29, 0.717) is 28.7 Å². The molecule has 1 unspecified atom stereocenters. The number of hydrogen-bond donors (Lipinski definition) is 1. The third-order valence-electron chi connectivity index (χ3n) is 4.87. The van der Waals surface area contributed by atoms with Crippen molar-refractivity contribution < 1.29 is 9.59 Å². The van der Waals surface area contributed by atoms with Gasteiger partial charge >= 0.3 is 0 Å². The molecule has 1 N–H and O–H groups in total. The summed E-state index contributed by atoms with van der Waals surface area (Å²) in [4.78, 5) is 28.0. The van der Waals surface area contributed by atoms with Crippen LogP contribution in [0.25, 0.3) is 0 Å². The lowest BCUT2D eigenvalue weighted by Crippen LogP contribution is -2.24.